The number of aliphatic hydroxyl groups is 1. The molecule has 0 aliphatic rings. The van der Waals surface area contributed by atoms with Crippen LogP contribution in [0.15, 0.2) is 29.2 Å². The van der Waals surface area contributed by atoms with Gasteiger partial charge in [0.1, 0.15) is 0 Å². The average Bonchev–Trinajstić information content (AvgIpc) is 2.42. The zero-order chi connectivity index (χ0) is 14.1. The van der Waals surface area contributed by atoms with Crippen LogP contribution < -0.4 is 5.32 Å². The summed E-state index contributed by atoms with van der Waals surface area (Å²) < 4.78 is 0. The zero-order valence-electron chi connectivity index (χ0n) is 11.7. The fourth-order valence-electron chi connectivity index (χ4n) is 1.73. The van der Waals surface area contributed by atoms with Gasteiger partial charge in [-0.15, -0.1) is 11.8 Å². The van der Waals surface area contributed by atoms with Gasteiger partial charge in [0.15, 0.2) is 0 Å². The van der Waals surface area contributed by atoms with Crippen molar-refractivity contribution in [3.05, 3.63) is 29.8 Å². The lowest BCUT2D eigenvalue weighted by molar-refractivity contribution is -0.118. The van der Waals surface area contributed by atoms with Crippen molar-refractivity contribution in [3.8, 4) is 0 Å². The molecule has 0 saturated carbocycles. The van der Waals surface area contributed by atoms with Gasteiger partial charge < -0.3 is 10.4 Å². The Hall–Kier alpha value is -1.00. The summed E-state index contributed by atoms with van der Waals surface area (Å²) >= 11 is 1.55. The average molecular weight is 281 g/mol. The fourth-order valence-corrected chi connectivity index (χ4v) is 2.45. The van der Waals surface area contributed by atoms with Crippen molar-refractivity contribution in [1.29, 1.82) is 0 Å². The van der Waals surface area contributed by atoms with E-state index >= 15 is 0 Å². The number of rotatable bonds is 8. The summed E-state index contributed by atoms with van der Waals surface area (Å²) in [6.45, 7) is 4.97. The molecule has 0 fully saturated rings. The second kappa shape index (κ2) is 8.99. The van der Waals surface area contributed by atoms with E-state index in [1.54, 1.807) is 11.8 Å². The molecule has 1 amide bonds. The number of hydrogen-bond acceptors (Lipinski definition) is 3. The Labute approximate surface area is 119 Å². The van der Waals surface area contributed by atoms with Gasteiger partial charge >= 0.3 is 0 Å². The number of nitrogens with one attached hydrogen (secondary N) is 1. The Bertz CT molecular complexity index is 378. The summed E-state index contributed by atoms with van der Waals surface area (Å²) in [5.74, 6) is 0.874. The molecular weight excluding hydrogens is 258 g/mol. The molecule has 1 aromatic carbocycles. The van der Waals surface area contributed by atoms with Gasteiger partial charge in [-0.25, -0.2) is 0 Å². The smallest absolute Gasteiger partial charge is 0.230 e. The van der Waals surface area contributed by atoms with Crippen LogP contribution in [0.3, 0.4) is 0 Å². The van der Waals surface area contributed by atoms with Crippen LogP contribution in [0.2, 0.25) is 0 Å². The van der Waals surface area contributed by atoms with E-state index in [1.807, 2.05) is 19.1 Å². The number of hydrogen-bond donors (Lipinski definition) is 2. The molecule has 1 aromatic rings. The molecule has 0 aromatic heterocycles. The van der Waals surface area contributed by atoms with Gasteiger partial charge in [0.25, 0.3) is 0 Å². The molecule has 1 unspecified atom stereocenters. The van der Waals surface area contributed by atoms with Crippen molar-refractivity contribution in [2.24, 2.45) is 5.92 Å². The van der Waals surface area contributed by atoms with Gasteiger partial charge in [-0.2, -0.15) is 0 Å². The second-order valence-corrected chi connectivity index (χ2v) is 5.74. The highest BCUT2D eigenvalue weighted by Crippen LogP contribution is 2.17. The number of aryl methyl sites for hydroxylation is 1. The van der Waals surface area contributed by atoms with E-state index in [0.29, 0.717) is 18.2 Å². The summed E-state index contributed by atoms with van der Waals surface area (Å²) in [6, 6.07) is 8.17. The topological polar surface area (TPSA) is 49.3 Å². The van der Waals surface area contributed by atoms with Crippen LogP contribution in [0.5, 0.6) is 0 Å². The van der Waals surface area contributed by atoms with Gasteiger partial charge in [0.05, 0.1) is 5.75 Å². The molecule has 0 aliphatic heterocycles. The first-order chi connectivity index (χ1) is 9.15. The molecule has 0 heterocycles. The van der Waals surface area contributed by atoms with Crippen molar-refractivity contribution in [2.45, 2.75) is 31.6 Å². The largest absolute Gasteiger partial charge is 0.396 e. The minimum Gasteiger partial charge on any atom is -0.396 e. The summed E-state index contributed by atoms with van der Waals surface area (Å²) in [5, 5.41) is 11.8. The predicted octanol–water partition coefficient (Wildman–Crippen LogP) is 2.61. The lowest BCUT2D eigenvalue weighted by Gasteiger charge is -2.14. The molecular formula is C15H23NO2S. The quantitative estimate of drug-likeness (QED) is 0.720. The molecule has 1 rings (SSSR count). The lowest BCUT2D eigenvalue weighted by atomic mass is 10.0. The first kappa shape index (κ1) is 16.1. The zero-order valence-corrected chi connectivity index (χ0v) is 12.5. The number of aliphatic hydroxyl groups excluding tert-OH is 1. The molecule has 106 valence electrons. The highest BCUT2D eigenvalue weighted by Gasteiger charge is 2.08. The maximum Gasteiger partial charge on any atom is 0.230 e. The first-order valence-electron chi connectivity index (χ1n) is 6.72. The summed E-state index contributed by atoms with van der Waals surface area (Å²) in [4.78, 5) is 12.8. The Balaban J connectivity index is 2.25. The highest BCUT2D eigenvalue weighted by atomic mass is 32.2. The van der Waals surface area contributed by atoms with Crippen LogP contribution in [-0.4, -0.2) is 29.9 Å². The van der Waals surface area contributed by atoms with Crippen LogP contribution >= 0.6 is 11.8 Å². The summed E-state index contributed by atoms with van der Waals surface area (Å²) in [6.07, 6.45) is 1.73. The number of carbonyl (C=O) groups excluding carboxylic acids is 1. The van der Waals surface area contributed by atoms with Crippen LogP contribution in [0, 0.1) is 12.8 Å². The lowest BCUT2D eigenvalue weighted by Crippen LogP contribution is -2.30. The SMILES string of the molecule is CCC(CCO)CNC(=O)CSc1ccc(C)cc1. The number of amides is 1. The summed E-state index contributed by atoms with van der Waals surface area (Å²) in [7, 11) is 0. The van der Waals surface area contributed by atoms with E-state index in [4.69, 9.17) is 5.11 Å². The normalized spacial score (nSPS) is 12.2. The van der Waals surface area contributed by atoms with E-state index in [9.17, 15) is 4.79 Å². The monoisotopic (exact) mass is 281 g/mol. The Kier molecular flexibility index (Phi) is 7.60. The van der Waals surface area contributed by atoms with E-state index in [1.165, 1.54) is 5.56 Å². The molecule has 0 bridgehead atoms. The molecule has 0 aliphatic carbocycles. The first-order valence-corrected chi connectivity index (χ1v) is 7.71. The van der Waals surface area contributed by atoms with Gasteiger partial charge in [-0.1, -0.05) is 31.0 Å². The molecule has 0 radical (unpaired) electrons. The summed E-state index contributed by atoms with van der Waals surface area (Å²) in [5.41, 5.74) is 1.23. The predicted molar refractivity (Wildman–Crippen MR) is 80.4 cm³/mol. The van der Waals surface area contributed by atoms with Gasteiger partial charge in [0, 0.05) is 18.0 Å². The standard InChI is InChI=1S/C15H23NO2S/c1-3-13(8-9-17)10-16-15(18)11-19-14-6-4-12(2)5-7-14/h4-7,13,17H,3,8-11H2,1-2H3,(H,16,18). The van der Waals surface area contributed by atoms with Crippen molar-refractivity contribution < 1.29 is 9.90 Å². The van der Waals surface area contributed by atoms with Crippen molar-refractivity contribution in [2.75, 3.05) is 18.9 Å². The van der Waals surface area contributed by atoms with Crippen molar-refractivity contribution in [1.82, 2.24) is 5.32 Å². The van der Waals surface area contributed by atoms with E-state index in [2.05, 4.69) is 24.4 Å². The maximum atomic E-state index is 11.7. The number of thioether (sulfide) groups is 1. The van der Waals surface area contributed by atoms with Gasteiger partial charge in [0.2, 0.25) is 5.91 Å². The van der Waals surface area contributed by atoms with E-state index in [-0.39, 0.29) is 12.5 Å². The molecule has 2 N–H and O–H groups in total. The Morgan fingerprint density at radius 2 is 2.05 bits per heavy atom. The Morgan fingerprint density at radius 3 is 2.63 bits per heavy atom. The Morgan fingerprint density at radius 1 is 1.37 bits per heavy atom. The molecule has 19 heavy (non-hydrogen) atoms. The molecule has 4 heteroatoms. The van der Waals surface area contributed by atoms with E-state index < -0.39 is 0 Å². The van der Waals surface area contributed by atoms with Gasteiger partial charge in [-0.05, 0) is 31.4 Å². The van der Waals surface area contributed by atoms with Gasteiger partial charge in [-0.3, -0.25) is 4.79 Å². The van der Waals surface area contributed by atoms with Crippen LogP contribution in [-0.2, 0) is 4.79 Å². The third-order valence-electron chi connectivity index (χ3n) is 3.09. The molecule has 3 nitrogen and oxygen atoms in total. The fraction of sp³-hybridized carbons (Fsp3) is 0.533. The van der Waals surface area contributed by atoms with Crippen LogP contribution in [0.1, 0.15) is 25.3 Å². The second-order valence-electron chi connectivity index (χ2n) is 4.69. The van der Waals surface area contributed by atoms with Crippen molar-refractivity contribution in [3.63, 3.8) is 0 Å². The molecule has 0 spiro atoms. The minimum absolute atomic E-state index is 0.0574. The third kappa shape index (κ3) is 6.64. The number of benzene rings is 1. The van der Waals surface area contributed by atoms with Crippen LogP contribution in [0.4, 0.5) is 0 Å². The van der Waals surface area contributed by atoms with Crippen LogP contribution in [0.25, 0.3) is 0 Å². The highest BCUT2D eigenvalue weighted by molar-refractivity contribution is 8.00. The minimum atomic E-state index is 0.0574. The molecule has 0 saturated heterocycles. The van der Waals surface area contributed by atoms with Crippen molar-refractivity contribution >= 4 is 17.7 Å². The third-order valence-corrected chi connectivity index (χ3v) is 4.11. The molecule has 1 atom stereocenters. The maximum absolute atomic E-state index is 11.7. The number of carbonyl (C=O) groups is 1. The van der Waals surface area contributed by atoms with E-state index in [0.717, 1.165) is 17.7 Å².